The molecule has 2 atom stereocenters. The van der Waals surface area contributed by atoms with Crippen LogP contribution in [0.4, 0.5) is 4.79 Å². The molecule has 1 amide bonds. The van der Waals surface area contributed by atoms with Gasteiger partial charge in [0, 0.05) is 12.6 Å². The number of carbonyl (C=O) groups excluding carboxylic acids is 1. The zero-order chi connectivity index (χ0) is 9.68. The Morgan fingerprint density at radius 1 is 1.62 bits per heavy atom. The minimum absolute atomic E-state index is 0.375. The molecule has 4 heteroatoms. The van der Waals surface area contributed by atoms with E-state index in [2.05, 4.69) is 17.0 Å². The summed E-state index contributed by atoms with van der Waals surface area (Å²) in [6.45, 7) is 3.35. The van der Waals surface area contributed by atoms with Crippen molar-refractivity contribution in [3.8, 4) is 0 Å². The normalized spacial score (nSPS) is 27.5. The molecule has 0 aromatic carbocycles. The average molecular weight is 186 g/mol. The van der Waals surface area contributed by atoms with Gasteiger partial charge in [0.1, 0.15) is 6.61 Å². The van der Waals surface area contributed by atoms with E-state index >= 15 is 0 Å². The van der Waals surface area contributed by atoms with Crippen molar-refractivity contribution in [1.29, 1.82) is 0 Å². The molecule has 1 aliphatic carbocycles. The minimum atomic E-state index is -0.693. The maximum Gasteiger partial charge on any atom is 0.404 e. The third kappa shape index (κ3) is 4.12. The van der Waals surface area contributed by atoms with Crippen molar-refractivity contribution in [2.45, 2.75) is 32.2 Å². The predicted molar refractivity (Wildman–Crippen MR) is 50.3 cm³/mol. The summed E-state index contributed by atoms with van der Waals surface area (Å²) < 4.78 is 4.60. The molecule has 0 aromatic rings. The fraction of sp³-hybridized carbons (Fsp3) is 0.889. The fourth-order valence-electron chi connectivity index (χ4n) is 1.81. The molecule has 0 radical (unpaired) electrons. The van der Waals surface area contributed by atoms with Gasteiger partial charge in [-0.25, -0.2) is 4.79 Å². The number of amides is 1. The Morgan fingerprint density at radius 2 is 2.38 bits per heavy atom. The number of nitrogens with two attached hydrogens (primary N) is 1. The molecule has 4 nitrogen and oxygen atoms in total. The van der Waals surface area contributed by atoms with E-state index in [0.717, 1.165) is 5.92 Å². The number of rotatable bonds is 4. The summed E-state index contributed by atoms with van der Waals surface area (Å²) in [6.07, 6.45) is 3.07. The van der Waals surface area contributed by atoms with Crippen LogP contribution in [-0.4, -0.2) is 25.3 Å². The zero-order valence-electron chi connectivity index (χ0n) is 8.08. The monoisotopic (exact) mass is 186 g/mol. The van der Waals surface area contributed by atoms with Gasteiger partial charge in [-0.05, 0) is 25.2 Å². The van der Waals surface area contributed by atoms with Crippen molar-refractivity contribution < 1.29 is 9.53 Å². The predicted octanol–water partition coefficient (Wildman–Crippen LogP) is 0.860. The van der Waals surface area contributed by atoms with Crippen LogP contribution in [0.3, 0.4) is 0 Å². The summed E-state index contributed by atoms with van der Waals surface area (Å²) in [7, 11) is 0. The zero-order valence-corrected chi connectivity index (χ0v) is 8.08. The van der Waals surface area contributed by atoms with Gasteiger partial charge < -0.3 is 15.8 Å². The Kier molecular flexibility index (Phi) is 4.02. The number of hydrogen-bond donors (Lipinski definition) is 2. The van der Waals surface area contributed by atoms with E-state index in [9.17, 15) is 4.79 Å². The Morgan fingerprint density at radius 3 is 2.92 bits per heavy atom. The molecule has 0 bridgehead atoms. The standard InChI is InChI=1S/C9H18N2O2/c1-7-2-3-8(6-7)11-4-5-13-9(10)12/h7-8,11H,2-6H2,1H3,(H2,10,12). The fourth-order valence-corrected chi connectivity index (χ4v) is 1.81. The number of carbonyl (C=O) groups is 1. The first-order valence-corrected chi connectivity index (χ1v) is 4.84. The maximum absolute atomic E-state index is 10.2. The van der Waals surface area contributed by atoms with Crippen molar-refractivity contribution in [2.75, 3.05) is 13.2 Å². The van der Waals surface area contributed by atoms with E-state index in [4.69, 9.17) is 5.73 Å². The molecule has 1 aliphatic rings. The Bertz CT molecular complexity index is 173. The van der Waals surface area contributed by atoms with Crippen LogP contribution < -0.4 is 11.1 Å². The van der Waals surface area contributed by atoms with Gasteiger partial charge in [0.25, 0.3) is 0 Å². The largest absolute Gasteiger partial charge is 0.448 e. The van der Waals surface area contributed by atoms with E-state index in [0.29, 0.717) is 19.2 Å². The summed E-state index contributed by atoms with van der Waals surface area (Å²) in [6, 6.07) is 0.603. The van der Waals surface area contributed by atoms with Crippen molar-refractivity contribution >= 4 is 6.09 Å². The van der Waals surface area contributed by atoms with Crippen molar-refractivity contribution in [3.05, 3.63) is 0 Å². The highest BCUT2D eigenvalue weighted by atomic mass is 16.5. The Hall–Kier alpha value is -0.770. The minimum Gasteiger partial charge on any atom is -0.448 e. The number of hydrogen-bond acceptors (Lipinski definition) is 3. The topological polar surface area (TPSA) is 64.3 Å². The second-order valence-corrected chi connectivity index (χ2v) is 3.74. The van der Waals surface area contributed by atoms with Crippen LogP contribution in [0.1, 0.15) is 26.2 Å². The summed E-state index contributed by atoms with van der Waals surface area (Å²) >= 11 is 0. The molecule has 2 unspecified atom stereocenters. The first-order valence-electron chi connectivity index (χ1n) is 4.84. The average Bonchev–Trinajstić information content (AvgIpc) is 2.45. The van der Waals surface area contributed by atoms with Crippen LogP contribution in [0.25, 0.3) is 0 Å². The highest BCUT2D eigenvalue weighted by Gasteiger charge is 2.20. The summed E-state index contributed by atoms with van der Waals surface area (Å²) in [5, 5.41) is 3.33. The lowest BCUT2D eigenvalue weighted by Gasteiger charge is -2.11. The molecular formula is C9H18N2O2. The number of ether oxygens (including phenoxy) is 1. The molecule has 0 spiro atoms. The maximum atomic E-state index is 10.2. The highest BCUT2D eigenvalue weighted by Crippen LogP contribution is 2.24. The molecule has 1 rings (SSSR count). The van der Waals surface area contributed by atoms with Gasteiger partial charge in [-0.1, -0.05) is 6.92 Å². The van der Waals surface area contributed by atoms with Crippen LogP contribution in [-0.2, 0) is 4.74 Å². The van der Waals surface area contributed by atoms with Crippen LogP contribution in [0.2, 0.25) is 0 Å². The quantitative estimate of drug-likeness (QED) is 0.640. The second-order valence-electron chi connectivity index (χ2n) is 3.74. The van der Waals surface area contributed by atoms with Crippen molar-refractivity contribution in [3.63, 3.8) is 0 Å². The van der Waals surface area contributed by atoms with Gasteiger partial charge in [0.05, 0.1) is 0 Å². The van der Waals surface area contributed by atoms with E-state index in [-0.39, 0.29) is 0 Å². The van der Waals surface area contributed by atoms with Gasteiger partial charge in [-0.2, -0.15) is 0 Å². The van der Waals surface area contributed by atoms with E-state index in [1.54, 1.807) is 0 Å². The van der Waals surface area contributed by atoms with Crippen molar-refractivity contribution in [2.24, 2.45) is 11.7 Å². The number of primary amides is 1. The first-order chi connectivity index (χ1) is 6.18. The van der Waals surface area contributed by atoms with Gasteiger partial charge in [0.15, 0.2) is 0 Å². The van der Waals surface area contributed by atoms with Gasteiger partial charge in [-0.15, -0.1) is 0 Å². The molecule has 1 saturated carbocycles. The SMILES string of the molecule is CC1CCC(NCCOC(N)=O)C1. The molecule has 76 valence electrons. The van der Waals surface area contributed by atoms with Gasteiger partial charge in [0.2, 0.25) is 0 Å². The summed E-state index contributed by atoms with van der Waals surface area (Å²) in [4.78, 5) is 10.2. The van der Waals surface area contributed by atoms with Crippen LogP contribution in [0, 0.1) is 5.92 Å². The smallest absolute Gasteiger partial charge is 0.404 e. The molecule has 3 N–H and O–H groups in total. The van der Waals surface area contributed by atoms with E-state index < -0.39 is 6.09 Å². The molecule has 1 fully saturated rings. The molecule has 0 aliphatic heterocycles. The Labute approximate surface area is 78.8 Å². The molecule has 0 saturated heterocycles. The van der Waals surface area contributed by atoms with Crippen LogP contribution >= 0.6 is 0 Å². The van der Waals surface area contributed by atoms with E-state index in [1.807, 2.05) is 0 Å². The molecular weight excluding hydrogens is 168 g/mol. The molecule has 0 heterocycles. The van der Waals surface area contributed by atoms with Crippen molar-refractivity contribution in [1.82, 2.24) is 5.32 Å². The highest BCUT2D eigenvalue weighted by molar-refractivity contribution is 5.64. The second kappa shape index (κ2) is 5.07. The molecule has 13 heavy (non-hydrogen) atoms. The van der Waals surface area contributed by atoms with Gasteiger partial charge >= 0.3 is 6.09 Å². The Balaban J connectivity index is 1.97. The summed E-state index contributed by atoms with van der Waals surface area (Å²) in [5.74, 6) is 0.828. The third-order valence-electron chi connectivity index (χ3n) is 2.47. The first kappa shape index (κ1) is 10.3. The number of nitrogens with one attached hydrogen (secondary N) is 1. The van der Waals surface area contributed by atoms with Crippen LogP contribution in [0.15, 0.2) is 0 Å². The molecule has 0 aromatic heterocycles. The van der Waals surface area contributed by atoms with E-state index in [1.165, 1.54) is 19.3 Å². The van der Waals surface area contributed by atoms with Crippen LogP contribution in [0.5, 0.6) is 0 Å². The van der Waals surface area contributed by atoms with Gasteiger partial charge in [-0.3, -0.25) is 0 Å². The lowest BCUT2D eigenvalue weighted by molar-refractivity contribution is 0.156. The summed E-state index contributed by atoms with van der Waals surface area (Å²) in [5.41, 5.74) is 4.82. The lowest BCUT2D eigenvalue weighted by Crippen LogP contribution is -2.31. The third-order valence-corrected chi connectivity index (χ3v) is 2.47. The lowest BCUT2D eigenvalue weighted by atomic mass is 10.1.